The van der Waals surface area contributed by atoms with E-state index in [9.17, 15) is 5.11 Å². The Balaban J connectivity index is 1.97. The van der Waals surface area contributed by atoms with Gasteiger partial charge in [0.05, 0.1) is 14.7 Å². The van der Waals surface area contributed by atoms with Crippen molar-refractivity contribution in [3.8, 4) is 5.75 Å². The molecule has 0 fully saturated rings. The van der Waals surface area contributed by atoms with E-state index in [0.29, 0.717) is 15.2 Å². The molecule has 0 saturated carbocycles. The molecule has 0 aromatic heterocycles. The molecule has 1 N–H and O–H groups in total. The number of ether oxygens (including phenoxy) is 1. The van der Waals surface area contributed by atoms with Gasteiger partial charge in [0.15, 0.2) is 0 Å². The smallest absolute Gasteiger partial charge is 0.126 e. The SMILES string of the molecule is C[Si](C)(C)c1cccc(Pc2ccccc2CO)c1OCc1ccccc1. The van der Waals surface area contributed by atoms with Crippen LogP contribution < -0.4 is 20.5 Å². The van der Waals surface area contributed by atoms with E-state index in [2.05, 4.69) is 56.0 Å². The van der Waals surface area contributed by atoms with Crippen LogP contribution in [0.15, 0.2) is 72.8 Å². The van der Waals surface area contributed by atoms with Crippen LogP contribution in [0.5, 0.6) is 5.75 Å². The number of hydrogen-bond acceptors (Lipinski definition) is 2. The summed E-state index contributed by atoms with van der Waals surface area (Å²) in [6, 6.07) is 25.0. The summed E-state index contributed by atoms with van der Waals surface area (Å²) in [6.45, 7) is 7.70. The van der Waals surface area contributed by atoms with Crippen LogP contribution in [0.25, 0.3) is 0 Å². The molecular weight excluding hydrogens is 367 g/mol. The van der Waals surface area contributed by atoms with Crippen molar-refractivity contribution < 1.29 is 9.84 Å². The van der Waals surface area contributed by atoms with Gasteiger partial charge in [0.25, 0.3) is 0 Å². The Labute approximate surface area is 165 Å². The molecular formula is C23H27O2PSi. The monoisotopic (exact) mass is 394 g/mol. The Bertz CT molecular complexity index is 888. The van der Waals surface area contributed by atoms with Crippen molar-refractivity contribution in [1.82, 2.24) is 0 Å². The normalized spacial score (nSPS) is 11.9. The van der Waals surface area contributed by atoms with Gasteiger partial charge < -0.3 is 9.84 Å². The highest BCUT2D eigenvalue weighted by Gasteiger charge is 2.23. The fourth-order valence-corrected chi connectivity index (χ4v) is 5.94. The van der Waals surface area contributed by atoms with Gasteiger partial charge in [0.2, 0.25) is 0 Å². The quantitative estimate of drug-likeness (QED) is 0.486. The van der Waals surface area contributed by atoms with E-state index in [1.165, 1.54) is 21.4 Å². The topological polar surface area (TPSA) is 29.5 Å². The van der Waals surface area contributed by atoms with Gasteiger partial charge in [0.1, 0.15) is 12.4 Å². The van der Waals surface area contributed by atoms with Gasteiger partial charge in [-0.05, 0) is 21.6 Å². The van der Waals surface area contributed by atoms with Crippen LogP contribution in [0.2, 0.25) is 19.6 Å². The zero-order chi connectivity index (χ0) is 19.3. The standard InChI is InChI=1S/C23H27O2PSi/c1-27(2,3)22-15-9-14-21(26-20-13-8-7-12-19(20)16-24)23(22)25-17-18-10-5-4-6-11-18/h4-15,24,26H,16-17H2,1-3H3. The summed E-state index contributed by atoms with van der Waals surface area (Å²) in [5.41, 5.74) is 2.16. The molecule has 3 aromatic carbocycles. The van der Waals surface area contributed by atoms with Crippen molar-refractivity contribution in [3.05, 3.63) is 83.9 Å². The molecule has 0 radical (unpaired) electrons. The number of rotatable bonds is 7. The molecule has 27 heavy (non-hydrogen) atoms. The molecule has 140 valence electrons. The van der Waals surface area contributed by atoms with E-state index in [1.54, 1.807) is 0 Å². The third kappa shape index (κ3) is 5.07. The van der Waals surface area contributed by atoms with Gasteiger partial charge in [-0.1, -0.05) is 101 Å². The highest BCUT2D eigenvalue weighted by Crippen LogP contribution is 2.23. The second-order valence-corrected chi connectivity index (χ2v) is 14.0. The van der Waals surface area contributed by atoms with Crippen molar-refractivity contribution in [3.63, 3.8) is 0 Å². The Morgan fingerprint density at radius 1 is 0.815 bits per heavy atom. The molecule has 3 rings (SSSR count). The van der Waals surface area contributed by atoms with E-state index in [-0.39, 0.29) is 6.61 Å². The first kappa shape index (κ1) is 19.8. The van der Waals surface area contributed by atoms with Crippen molar-refractivity contribution in [2.75, 3.05) is 0 Å². The average molecular weight is 395 g/mol. The van der Waals surface area contributed by atoms with Gasteiger partial charge in [0, 0.05) is 5.30 Å². The molecule has 1 unspecified atom stereocenters. The summed E-state index contributed by atoms with van der Waals surface area (Å²) in [6.07, 6.45) is 0. The summed E-state index contributed by atoms with van der Waals surface area (Å²) in [5.74, 6) is 1.03. The lowest BCUT2D eigenvalue weighted by Crippen LogP contribution is -2.40. The predicted octanol–water partition coefficient (Wildman–Crippen LogP) is 3.93. The maximum absolute atomic E-state index is 9.68. The lowest BCUT2D eigenvalue weighted by Gasteiger charge is -2.24. The molecule has 0 bridgehead atoms. The largest absolute Gasteiger partial charge is 0.488 e. The number of benzene rings is 3. The van der Waals surface area contributed by atoms with E-state index in [0.717, 1.165) is 11.3 Å². The summed E-state index contributed by atoms with van der Waals surface area (Å²) >= 11 is 0. The zero-order valence-corrected chi connectivity index (χ0v) is 18.2. The van der Waals surface area contributed by atoms with Crippen LogP contribution in [0.3, 0.4) is 0 Å². The van der Waals surface area contributed by atoms with Crippen LogP contribution in [0.4, 0.5) is 0 Å². The first-order chi connectivity index (χ1) is 13.0. The third-order valence-corrected chi connectivity index (χ3v) is 7.94. The van der Waals surface area contributed by atoms with Crippen molar-refractivity contribution in [2.45, 2.75) is 32.9 Å². The van der Waals surface area contributed by atoms with Gasteiger partial charge in [-0.25, -0.2) is 0 Å². The van der Waals surface area contributed by atoms with Gasteiger partial charge in [-0.2, -0.15) is 0 Å². The Kier molecular flexibility index (Phi) is 6.49. The van der Waals surface area contributed by atoms with E-state index >= 15 is 0 Å². The maximum Gasteiger partial charge on any atom is 0.126 e. The first-order valence-electron chi connectivity index (χ1n) is 9.25. The van der Waals surface area contributed by atoms with E-state index in [1.807, 2.05) is 36.4 Å². The number of hydrogen-bond donors (Lipinski definition) is 1. The number of aliphatic hydroxyl groups is 1. The first-order valence-corrected chi connectivity index (χ1v) is 13.7. The van der Waals surface area contributed by atoms with Crippen LogP contribution in [-0.4, -0.2) is 13.2 Å². The van der Waals surface area contributed by atoms with Crippen LogP contribution >= 0.6 is 8.58 Å². The van der Waals surface area contributed by atoms with Crippen LogP contribution in [-0.2, 0) is 13.2 Å². The Morgan fingerprint density at radius 2 is 1.48 bits per heavy atom. The zero-order valence-electron chi connectivity index (χ0n) is 16.2. The number of para-hydroxylation sites is 1. The Hall–Kier alpha value is -1.93. The molecule has 1 atom stereocenters. The average Bonchev–Trinajstić information content (AvgIpc) is 2.67. The Morgan fingerprint density at radius 3 is 2.19 bits per heavy atom. The lowest BCUT2D eigenvalue weighted by atomic mass is 10.2. The van der Waals surface area contributed by atoms with Gasteiger partial charge in [-0.15, -0.1) is 0 Å². The van der Waals surface area contributed by atoms with Gasteiger partial charge in [-0.3, -0.25) is 0 Å². The molecule has 3 aromatic rings. The van der Waals surface area contributed by atoms with Crippen molar-refractivity contribution in [1.29, 1.82) is 0 Å². The molecule has 2 nitrogen and oxygen atoms in total. The second-order valence-electron chi connectivity index (χ2n) is 7.65. The molecule has 0 amide bonds. The van der Waals surface area contributed by atoms with Crippen LogP contribution in [0, 0.1) is 0 Å². The third-order valence-electron chi connectivity index (χ3n) is 4.51. The second kappa shape index (κ2) is 8.84. The summed E-state index contributed by atoms with van der Waals surface area (Å²) < 4.78 is 6.41. The predicted molar refractivity (Wildman–Crippen MR) is 120 cm³/mol. The van der Waals surface area contributed by atoms with E-state index in [4.69, 9.17) is 4.74 Å². The maximum atomic E-state index is 9.68. The van der Waals surface area contributed by atoms with E-state index < -0.39 is 8.07 Å². The highest BCUT2D eigenvalue weighted by molar-refractivity contribution is 7.56. The van der Waals surface area contributed by atoms with Crippen molar-refractivity contribution in [2.24, 2.45) is 0 Å². The minimum atomic E-state index is -1.56. The molecule has 0 spiro atoms. The molecule has 0 aliphatic heterocycles. The minimum absolute atomic E-state index is 0.0666. The molecule has 0 aliphatic carbocycles. The number of aliphatic hydroxyl groups excluding tert-OH is 1. The summed E-state index contributed by atoms with van der Waals surface area (Å²) in [5, 5.41) is 13.4. The van der Waals surface area contributed by atoms with Crippen LogP contribution in [0.1, 0.15) is 11.1 Å². The summed E-state index contributed by atoms with van der Waals surface area (Å²) in [7, 11) is -1.10. The highest BCUT2D eigenvalue weighted by atomic mass is 31.1. The molecule has 0 aliphatic rings. The van der Waals surface area contributed by atoms with Crippen molar-refractivity contribution >= 4 is 32.5 Å². The molecule has 0 heterocycles. The minimum Gasteiger partial charge on any atom is -0.488 e. The lowest BCUT2D eigenvalue weighted by molar-refractivity contribution is 0.283. The molecule has 4 heteroatoms. The summed E-state index contributed by atoms with van der Waals surface area (Å²) in [4.78, 5) is 0. The fraction of sp³-hybridized carbons (Fsp3) is 0.217. The fourth-order valence-electron chi connectivity index (χ4n) is 3.04. The molecule has 0 saturated heterocycles. The van der Waals surface area contributed by atoms with Gasteiger partial charge >= 0.3 is 0 Å².